The Kier molecular flexibility index (Phi) is 13.5. The first kappa shape index (κ1) is 32.6. The summed E-state index contributed by atoms with van der Waals surface area (Å²) in [6, 6.07) is 8.15. The van der Waals surface area contributed by atoms with Crippen molar-refractivity contribution in [1.29, 1.82) is 0 Å². The van der Waals surface area contributed by atoms with Crippen molar-refractivity contribution < 1.29 is 23.7 Å². The highest BCUT2D eigenvalue weighted by Crippen LogP contribution is 2.42. The molecule has 5 atom stereocenters. The van der Waals surface area contributed by atoms with Gasteiger partial charge in [0.15, 0.2) is 0 Å². The first-order valence-corrected chi connectivity index (χ1v) is 15.8. The molecule has 40 heavy (non-hydrogen) atoms. The molecule has 0 radical (unpaired) electrons. The van der Waals surface area contributed by atoms with Crippen LogP contribution in [0.5, 0.6) is 0 Å². The number of amides is 1. The minimum absolute atomic E-state index is 0.171. The molecule has 0 saturated carbocycles. The predicted molar refractivity (Wildman–Crippen MR) is 162 cm³/mol. The van der Waals surface area contributed by atoms with Crippen molar-refractivity contribution in [2.75, 3.05) is 13.7 Å². The third-order valence-corrected chi connectivity index (χ3v) is 8.47. The number of nitrogens with one attached hydrogen (secondary N) is 1. The van der Waals surface area contributed by atoms with Crippen LogP contribution in [0.1, 0.15) is 122 Å². The molecule has 0 bridgehead atoms. The molecule has 2 saturated heterocycles. The largest absolute Gasteiger partial charge is 0.450 e. The lowest BCUT2D eigenvalue weighted by Gasteiger charge is -2.26. The number of epoxide rings is 2. The van der Waals surface area contributed by atoms with E-state index in [1.54, 1.807) is 7.11 Å². The number of ether oxygens (including phenoxy) is 4. The molecular weight excluding hydrogens is 502 g/mol. The van der Waals surface area contributed by atoms with Gasteiger partial charge in [0.25, 0.3) is 0 Å². The molecule has 0 aliphatic carbocycles. The van der Waals surface area contributed by atoms with E-state index in [-0.39, 0.29) is 24.4 Å². The van der Waals surface area contributed by atoms with Crippen LogP contribution in [0.15, 0.2) is 30.8 Å². The molecule has 1 aromatic rings. The van der Waals surface area contributed by atoms with E-state index in [2.05, 4.69) is 18.8 Å². The highest BCUT2D eigenvalue weighted by atomic mass is 16.7. The summed E-state index contributed by atoms with van der Waals surface area (Å²) in [5, 5.41) is 2.99. The predicted octanol–water partition coefficient (Wildman–Crippen LogP) is 8.32. The van der Waals surface area contributed by atoms with E-state index in [1.165, 1.54) is 70.6 Å². The van der Waals surface area contributed by atoms with Gasteiger partial charge in [-0.25, -0.2) is 4.79 Å². The van der Waals surface area contributed by atoms with E-state index >= 15 is 0 Å². The zero-order valence-electron chi connectivity index (χ0n) is 25.8. The average molecular weight is 558 g/mol. The van der Waals surface area contributed by atoms with Crippen molar-refractivity contribution in [3.8, 4) is 0 Å². The Morgan fingerprint density at radius 3 is 2.00 bits per heavy atom. The van der Waals surface area contributed by atoms with Gasteiger partial charge in [0.2, 0.25) is 0 Å². The van der Waals surface area contributed by atoms with E-state index in [4.69, 9.17) is 18.9 Å². The Labute approximate surface area is 243 Å². The fourth-order valence-corrected chi connectivity index (χ4v) is 5.51. The fraction of sp³-hybridized carbons (Fsp3) is 0.735. The van der Waals surface area contributed by atoms with E-state index in [1.807, 2.05) is 45.0 Å². The molecule has 2 fully saturated rings. The van der Waals surface area contributed by atoms with Gasteiger partial charge in [-0.05, 0) is 51.7 Å². The van der Waals surface area contributed by atoms with Crippen LogP contribution in [0.4, 0.5) is 4.79 Å². The number of hydrogen-bond acceptors (Lipinski definition) is 5. The Balaban J connectivity index is 1.06. The van der Waals surface area contributed by atoms with Crippen molar-refractivity contribution in [3.05, 3.63) is 42.0 Å². The quantitative estimate of drug-likeness (QED) is 0.122. The maximum Gasteiger partial charge on any atom is 0.407 e. The van der Waals surface area contributed by atoms with Crippen molar-refractivity contribution in [3.63, 3.8) is 0 Å². The summed E-state index contributed by atoms with van der Waals surface area (Å²) >= 11 is 0. The number of carbonyl (C=O) groups excluding carboxylic acids is 1. The Hall–Kier alpha value is -1.89. The SMILES string of the molecule is C=C(C)c1ccc(C(C)(C)NC(=O)OCCCCCCCCCCCCCCC2OC2C2OC2C(C)OC)cc1. The molecule has 1 amide bonds. The zero-order chi connectivity index (χ0) is 29.0. The summed E-state index contributed by atoms with van der Waals surface area (Å²) in [6.45, 7) is 12.5. The van der Waals surface area contributed by atoms with Gasteiger partial charge in [-0.15, -0.1) is 0 Å². The second-order valence-corrected chi connectivity index (χ2v) is 12.4. The molecule has 5 unspecified atom stereocenters. The molecule has 2 heterocycles. The van der Waals surface area contributed by atoms with Crippen molar-refractivity contribution >= 4 is 11.7 Å². The molecule has 1 aromatic carbocycles. The normalized spacial score (nSPS) is 22.5. The highest BCUT2D eigenvalue weighted by Gasteiger charge is 2.58. The maximum atomic E-state index is 12.3. The van der Waals surface area contributed by atoms with Gasteiger partial charge < -0.3 is 24.3 Å². The number of rotatable bonds is 21. The molecule has 1 N–H and O–H groups in total. The standard InChI is InChI=1S/C34H55NO5/c1-25(2)27-20-22-28(23-21-27)34(4,5)35-33(36)38-24-18-16-14-12-10-8-7-9-11-13-15-17-19-29-31(39-29)32-30(40-32)26(3)37-6/h20-23,26,29-32H,1,7-19,24H2,2-6H3,(H,35,36). The lowest BCUT2D eigenvalue weighted by molar-refractivity contribution is 0.0909. The van der Waals surface area contributed by atoms with E-state index in [0.29, 0.717) is 18.8 Å². The van der Waals surface area contributed by atoms with E-state index in [9.17, 15) is 4.79 Å². The summed E-state index contributed by atoms with van der Waals surface area (Å²) in [5.74, 6) is 0. The first-order chi connectivity index (χ1) is 19.2. The molecule has 226 valence electrons. The molecule has 3 rings (SSSR count). The highest BCUT2D eigenvalue weighted by molar-refractivity contribution is 5.68. The molecular formula is C34H55NO5. The maximum absolute atomic E-state index is 12.3. The second-order valence-electron chi connectivity index (χ2n) is 12.4. The summed E-state index contributed by atoms with van der Waals surface area (Å²) in [4.78, 5) is 12.3. The summed E-state index contributed by atoms with van der Waals surface area (Å²) in [7, 11) is 1.74. The van der Waals surface area contributed by atoms with Gasteiger partial charge in [0.05, 0.1) is 24.4 Å². The van der Waals surface area contributed by atoms with E-state index < -0.39 is 5.54 Å². The number of unbranched alkanes of at least 4 members (excludes halogenated alkanes) is 11. The van der Waals surface area contributed by atoms with Crippen LogP contribution in [0, 0.1) is 0 Å². The summed E-state index contributed by atoms with van der Waals surface area (Å²) < 4.78 is 22.3. The van der Waals surface area contributed by atoms with Crippen LogP contribution in [0.2, 0.25) is 0 Å². The third kappa shape index (κ3) is 11.2. The number of hydrogen-bond donors (Lipinski definition) is 1. The number of methoxy groups -OCH3 is 1. The Morgan fingerprint density at radius 1 is 0.900 bits per heavy atom. The first-order valence-electron chi connectivity index (χ1n) is 15.8. The molecule has 6 heteroatoms. The van der Waals surface area contributed by atoms with Gasteiger partial charge in [-0.3, -0.25) is 0 Å². The lowest BCUT2D eigenvalue weighted by atomic mass is 9.93. The average Bonchev–Trinajstić information content (AvgIpc) is 3.85. The van der Waals surface area contributed by atoms with Crippen LogP contribution in [-0.4, -0.2) is 50.3 Å². The molecule has 0 spiro atoms. The Bertz CT molecular complexity index is 898. The zero-order valence-corrected chi connectivity index (χ0v) is 25.8. The van der Waals surface area contributed by atoms with Crippen molar-refractivity contribution in [2.24, 2.45) is 0 Å². The molecule has 2 aliphatic rings. The smallest absolute Gasteiger partial charge is 0.407 e. The van der Waals surface area contributed by atoms with Gasteiger partial charge in [-0.1, -0.05) is 107 Å². The van der Waals surface area contributed by atoms with Crippen LogP contribution >= 0.6 is 0 Å². The lowest BCUT2D eigenvalue weighted by Crippen LogP contribution is -2.41. The van der Waals surface area contributed by atoms with Crippen LogP contribution < -0.4 is 5.32 Å². The number of allylic oxidation sites excluding steroid dienone is 1. The fourth-order valence-electron chi connectivity index (χ4n) is 5.51. The second kappa shape index (κ2) is 16.5. The summed E-state index contributed by atoms with van der Waals surface area (Å²) in [6.07, 6.45) is 17.4. The van der Waals surface area contributed by atoms with Crippen molar-refractivity contribution in [1.82, 2.24) is 5.32 Å². The molecule has 2 aliphatic heterocycles. The topological polar surface area (TPSA) is 72.6 Å². The molecule has 0 aromatic heterocycles. The minimum atomic E-state index is -0.487. The molecule has 6 nitrogen and oxygen atoms in total. The van der Waals surface area contributed by atoms with Gasteiger partial charge in [0.1, 0.15) is 18.3 Å². The third-order valence-electron chi connectivity index (χ3n) is 8.47. The summed E-state index contributed by atoms with van der Waals surface area (Å²) in [5.41, 5.74) is 2.70. The van der Waals surface area contributed by atoms with Crippen LogP contribution in [0.25, 0.3) is 5.57 Å². The van der Waals surface area contributed by atoms with E-state index in [0.717, 1.165) is 29.5 Å². The van der Waals surface area contributed by atoms with Gasteiger partial charge in [-0.2, -0.15) is 0 Å². The van der Waals surface area contributed by atoms with Gasteiger partial charge in [0, 0.05) is 7.11 Å². The minimum Gasteiger partial charge on any atom is -0.450 e. The van der Waals surface area contributed by atoms with Crippen LogP contribution in [0.3, 0.4) is 0 Å². The van der Waals surface area contributed by atoms with Crippen molar-refractivity contribution in [2.45, 2.75) is 147 Å². The van der Waals surface area contributed by atoms with Crippen LogP contribution in [-0.2, 0) is 24.5 Å². The monoisotopic (exact) mass is 557 g/mol. The number of benzene rings is 1. The number of alkyl carbamates (subject to hydrolysis) is 1. The van der Waals surface area contributed by atoms with Gasteiger partial charge >= 0.3 is 6.09 Å². The number of carbonyl (C=O) groups is 1. The Morgan fingerprint density at radius 2 is 1.45 bits per heavy atom.